The minimum Gasteiger partial charge on any atom is -0.477 e. The first kappa shape index (κ1) is 13.6. The lowest BCUT2D eigenvalue weighted by molar-refractivity contribution is 0.0702. The van der Waals surface area contributed by atoms with Gasteiger partial charge in [-0.25, -0.2) is 9.78 Å². The first-order valence-corrected chi connectivity index (χ1v) is 7.32. The van der Waals surface area contributed by atoms with Crippen molar-refractivity contribution in [2.75, 3.05) is 11.9 Å². The summed E-state index contributed by atoms with van der Waals surface area (Å²) >= 11 is 7.01. The number of nitrogens with zero attached hydrogens (tertiary/aromatic N) is 2. The van der Waals surface area contributed by atoms with Crippen LogP contribution < -0.4 is 4.90 Å². The number of aromatic carboxylic acids is 1. The van der Waals surface area contributed by atoms with Gasteiger partial charge in [0.2, 0.25) is 0 Å². The van der Waals surface area contributed by atoms with E-state index < -0.39 is 5.97 Å². The molecular formula is C12H17ClN2O2S. The Morgan fingerprint density at radius 1 is 1.50 bits per heavy atom. The van der Waals surface area contributed by atoms with E-state index in [0.29, 0.717) is 17.1 Å². The highest BCUT2D eigenvalue weighted by Gasteiger charge is 2.28. The molecule has 0 bridgehead atoms. The van der Waals surface area contributed by atoms with Crippen LogP contribution in [0.15, 0.2) is 0 Å². The standard InChI is InChI=1S/C12H17ClN2O2S/c1-7-5-3-4-6-8(7)15(2)12-14-10(13)9(18-12)11(16)17/h7-8H,3-6H2,1-2H3,(H,16,17). The minimum atomic E-state index is -1.01. The largest absolute Gasteiger partial charge is 0.477 e. The molecule has 0 aliphatic heterocycles. The molecule has 1 aromatic heterocycles. The van der Waals surface area contributed by atoms with Gasteiger partial charge < -0.3 is 10.0 Å². The number of aromatic nitrogens is 1. The molecular weight excluding hydrogens is 272 g/mol. The summed E-state index contributed by atoms with van der Waals surface area (Å²) in [7, 11) is 1.98. The van der Waals surface area contributed by atoms with Gasteiger partial charge in [-0.15, -0.1) is 0 Å². The lowest BCUT2D eigenvalue weighted by Gasteiger charge is -2.36. The molecule has 1 saturated carbocycles. The monoisotopic (exact) mass is 288 g/mol. The average molecular weight is 289 g/mol. The molecule has 0 amide bonds. The molecule has 1 aliphatic rings. The molecule has 1 aliphatic carbocycles. The zero-order valence-corrected chi connectivity index (χ0v) is 12.1. The van der Waals surface area contributed by atoms with Gasteiger partial charge in [0.05, 0.1) is 0 Å². The average Bonchev–Trinajstić information content (AvgIpc) is 2.71. The van der Waals surface area contributed by atoms with Gasteiger partial charge in [0.15, 0.2) is 15.2 Å². The fourth-order valence-electron chi connectivity index (χ4n) is 2.59. The van der Waals surface area contributed by atoms with E-state index in [0.717, 1.165) is 17.8 Å². The number of halogens is 1. The Balaban J connectivity index is 2.20. The lowest BCUT2D eigenvalue weighted by Crippen LogP contribution is -2.38. The van der Waals surface area contributed by atoms with Crippen LogP contribution in [0, 0.1) is 5.92 Å². The molecule has 2 rings (SSSR count). The molecule has 0 aromatic carbocycles. The molecule has 1 fully saturated rings. The van der Waals surface area contributed by atoms with Gasteiger partial charge in [-0.2, -0.15) is 0 Å². The Morgan fingerprint density at radius 3 is 2.72 bits per heavy atom. The molecule has 1 N–H and O–H groups in total. The van der Waals surface area contributed by atoms with Gasteiger partial charge in [0.25, 0.3) is 0 Å². The Labute approximate surface area is 116 Å². The number of hydrogen-bond donors (Lipinski definition) is 1. The van der Waals surface area contributed by atoms with Gasteiger partial charge in [0, 0.05) is 13.1 Å². The van der Waals surface area contributed by atoms with E-state index in [1.165, 1.54) is 19.3 Å². The third-order valence-corrected chi connectivity index (χ3v) is 5.15. The van der Waals surface area contributed by atoms with Crippen molar-refractivity contribution in [3.63, 3.8) is 0 Å². The number of carboxylic acids is 1. The van der Waals surface area contributed by atoms with Crippen LogP contribution in [0.4, 0.5) is 5.13 Å². The maximum absolute atomic E-state index is 11.0. The van der Waals surface area contributed by atoms with E-state index in [9.17, 15) is 4.79 Å². The Bertz CT molecular complexity index is 449. The van der Waals surface area contributed by atoms with Crippen LogP contribution in [-0.2, 0) is 0 Å². The van der Waals surface area contributed by atoms with Crippen molar-refractivity contribution in [1.29, 1.82) is 0 Å². The van der Waals surface area contributed by atoms with Gasteiger partial charge in [-0.3, -0.25) is 0 Å². The quantitative estimate of drug-likeness (QED) is 0.925. The summed E-state index contributed by atoms with van der Waals surface area (Å²) in [6, 6.07) is 0.433. The molecule has 2 unspecified atom stereocenters. The van der Waals surface area contributed by atoms with Crippen LogP contribution in [0.2, 0.25) is 5.15 Å². The van der Waals surface area contributed by atoms with E-state index in [-0.39, 0.29) is 10.0 Å². The number of carbonyl (C=O) groups is 1. The fourth-order valence-corrected chi connectivity index (χ4v) is 3.73. The van der Waals surface area contributed by atoms with Crippen molar-refractivity contribution in [2.45, 2.75) is 38.6 Å². The summed E-state index contributed by atoms with van der Waals surface area (Å²) in [5, 5.41) is 9.79. The number of hydrogen-bond acceptors (Lipinski definition) is 4. The van der Waals surface area contributed by atoms with Crippen molar-refractivity contribution >= 4 is 34.0 Å². The maximum atomic E-state index is 11.0. The first-order chi connectivity index (χ1) is 8.50. The second kappa shape index (κ2) is 5.45. The summed E-state index contributed by atoms with van der Waals surface area (Å²) in [5.41, 5.74) is 0. The summed E-state index contributed by atoms with van der Waals surface area (Å²) in [5.74, 6) is -0.395. The van der Waals surface area contributed by atoms with Crippen LogP contribution in [-0.4, -0.2) is 29.1 Å². The molecule has 1 aromatic rings. The molecule has 6 heteroatoms. The third-order valence-electron chi connectivity index (χ3n) is 3.63. The van der Waals surface area contributed by atoms with Crippen molar-refractivity contribution in [2.24, 2.45) is 5.92 Å². The second-order valence-electron chi connectivity index (χ2n) is 4.86. The van der Waals surface area contributed by atoms with Crippen molar-refractivity contribution < 1.29 is 9.90 Å². The second-order valence-corrected chi connectivity index (χ2v) is 6.20. The lowest BCUT2D eigenvalue weighted by atomic mass is 9.85. The van der Waals surface area contributed by atoms with Crippen molar-refractivity contribution in [3.05, 3.63) is 10.0 Å². The highest BCUT2D eigenvalue weighted by molar-refractivity contribution is 7.18. The van der Waals surface area contributed by atoms with Gasteiger partial charge in [-0.1, -0.05) is 42.7 Å². The van der Waals surface area contributed by atoms with Crippen molar-refractivity contribution in [1.82, 2.24) is 4.98 Å². The van der Waals surface area contributed by atoms with Crippen LogP contribution in [0.1, 0.15) is 42.3 Å². The molecule has 0 saturated heterocycles. The highest BCUT2D eigenvalue weighted by Crippen LogP contribution is 2.34. The predicted octanol–water partition coefficient (Wildman–Crippen LogP) is 3.51. The van der Waals surface area contributed by atoms with E-state index >= 15 is 0 Å². The number of thiazole rings is 1. The summed E-state index contributed by atoms with van der Waals surface area (Å²) in [6.07, 6.45) is 4.87. The molecule has 2 atom stereocenters. The SMILES string of the molecule is CC1CCCCC1N(C)c1nc(Cl)c(C(=O)O)s1. The van der Waals surface area contributed by atoms with Crippen LogP contribution in [0.5, 0.6) is 0 Å². The molecule has 4 nitrogen and oxygen atoms in total. The predicted molar refractivity (Wildman–Crippen MR) is 73.9 cm³/mol. The topological polar surface area (TPSA) is 53.4 Å². The van der Waals surface area contributed by atoms with Crippen LogP contribution >= 0.6 is 22.9 Å². The summed E-state index contributed by atoms with van der Waals surface area (Å²) in [4.78, 5) is 17.4. The summed E-state index contributed by atoms with van der Waals surface area (Å²) < 4.78 is 0. The molecule has 100 valence electrons. The smallest absolute Gasteiger partial charge is 0.349 e. The number of carboxylic acid groups (broad SMARTS) is 1. The van der Waals surface area contributed by atoms with Gasteiger partial charge >= 0.3 is 5.97 Å². The van der Waals surface area contributed by atoms with Crippen LogP contribution in [0.3, 0.4) is 0 Å². The maximum Gasteiger partial charge on any atom is 0.349 e. The van der Waals surface area contributed by atoms with E-state index in [2.05, 4.69) is 16.8 Å². The van der Waals surface area contributed by atoms with E-state index in [4.69, 9.17) is 16.7 Å². The summed E-state index contributed by atoms with van der Waals surface area (Å²) in [6.45, 7) is 2.24. The highest BCUT2D eigenvalue weighted by atomic mass is 35.5. The third kappa shape index (κ3) is 2.62. The van der Waals surface area contributed by atoms with E-state index in [1.54, 1.807) is 0 Å². The molecule has 0 radical (unpaired) electrons. The number of rotatable bonds is 3. The first-order valence-electron chi connectivity index (χ1n) is 6.13. The molecule has 18 heavy (non-hydrogen) atoms. The van der Waals surface area contributed by atoms with Gasteiger partial charge in [-0.05, 0) is 18.8 Å². The Kier molecular flexibility index (Phi) is 4.12. The van der Waals surface area contributed by atoms with Gasteiger partial charge in [0.1, 0.15) is 0 Å². The van der Waals surface area contributed by atoms with E-state index in [1.807, 2.05) is 7.05 Å². The normalized spacial score (nSPS) is 23.9. The fraction of sp³-hybridized carbons (Fsp3) is 0.667. The minimum absolute atomic E-state index is 0.0952. The molecule has 0 spiro atoms. The number of anilines is 1. The zero-order valence-electron chi connectivity index (χ0n) is 10.5. The zero-order chi connectivity index (χ0) is 13.3. The Morgan fingerprint density at radius 2 is 2.17 bits per heavy atom. The van der Waals surface area contributed by atoms with Crippen LogP contribution in [0.25, 0.3) is 0 Å². The van der Waals surface area contributed by atoms with Crippen molar-refractivity contribution in [3.8, 4) is 0 Å². The Hall–Kier alpha value is -0.810. The molecule has 1 heterocycles.